The molecule has 0 unspecified atom stereocenters. The zero-order valence-electron chi connectivity index (χ0n) is 14.1. The van der Waals surface area contributed by atoms with Crippen LogP contribution in [0.1, 0.15) is 56.1 Å². The highest BCUT2D eigenvalue weighted by molar-refractivity contribution is 5.76. The van der Waals surface area contributed by atoms with Gasteiger partial charge in [0.1, 0.15) is 0 Å². The van der Waals surface area contributed by atoms with E-state index in [2.05, 4.69) is 41.8 Å². The molecule has 1 saturated carbocycles. The van der Waals surface area contributed by atoms with Crippen molar-refractivity contribution in [3.8, 4) is 0 Å². The third kappa shape index (κ3) is 4.57. The van der Waals surface area contributed by atoms with Gasteiger partial charge in [0.25, 0.3) is 0 Å². The van der Waals surface area contributed by atoms with Gasteiger partial charge in [-0.2, -0.15) is 0 Å². The lowest BCUT2D eigenvalue weighted by Crippen LogP contribution is -2.42. The van der Waals surface area contributed by atoms with E-state index in [1.165, 1.54) is 43.2 Å². The standard InChI is InChI=1S/C19H30N2O/c1-16-8-6-9-17(14-16)19(11-4-3-5-12-19)15-21-18(22)10-7-13-20-2/h6,8-9,14,20H,3-5,7,10-13,15H2,1-2H3,(H,21,22). The molecule has 0 atom stereocenters. The van der Waals surface area contributed by atoms with Gasteiger partial charge in [-0.1, -0.05) is 49.1 Å². The van der Waals surface area contributed by atoms with Gasteiger partial charge in [0.05, 0.1) is 0 Å². The first-order chi connectivity index (χ1) is 10.7. The lowest BCUT2D eigenvalue weighted by Gasteiger charge is -2.38. The first-order valence-electron chi connectivity index (χ1n) is 8.65. The van der Waals surface area contributed by atoms with Crippen LogP contribution in [0.3, 0.4) is 0 Å². The molecular formula is C19H30N2O. The number of carbonyl (C=O) groups excluding carboxylic acids is 1. The van der Waals surface area contributed by atoms with Crippen molar-refractivity contribution >= 4 is 5.91 Å². The summed E-state index contributed by atoms with van der Waals surface area (Å²) < 4.78 is 0. The van der Waals surface area contributed by atoms with Crippen LogP contribution in [0, 0.1) is 6.92 Å². The van der Waals surface area contributed by atoms with Crippen molar-refractivity contribution in [3.63, 3.8) is 0 Å². The predicted octanol–water partition coefficient (Wildman–Crippen LogP) is 3.31. The summed E-state index contributed by atoms with van der Waals surface area (Å²) in [6, 6.07) is 8.84. The van der Waals surface area contributed by atoms with Gasteiger partial charge in [0.2, 0.25) is 5.91 Å². The molecule has 1 aliphatic rings. The van der Waals surface area contributed by atoms with Crippen LogP contribution in [0.25, 0.3) is 0 Å². The Morgan fingerprint density at radius 2 is 2.00 bits per heavy atom. The number of aryl methyl sites for hydroxylation is 1. The highest BCUT2D eigenvalue weighted by atomic mass is 16.1. The Bertz CT molecular complexity index is 478. The second-order valence-corrected chi connectivity index (χ2v) is 6.69. The Labute approximate surface area is 134 Å². The molecule has 2 N–H and O–H groups in total. The van der Waals surface area contributed by atoms with Gasteiger partial charge in [-0.25, -0.2) is 0 Å². The minimum atomic E-state index is 0.142. The van der Waals surface area contributed by atoms with E-state index in [0.717, 1.165) is 19.5 Å². The highest BCUT2D eigenvalue weighted by Gasteiger charge is 2.34. The van der Waals surface area contributed by atoms with Gasteiger partial charge in [0.15, 0.2) is 0 Å². The van der Waals surface area contributed by atoms with E-state index in [1.54, 1.807) is 0 Å². The van der Waals surface area contributed by atoms with Crippen LogP contribution in [-0.2, 0) is 10.2 Å². The summed E-state index contributed by atoms with van der Waals surface area (Å²) in [4.78, 5) is 12.1. The molecule has 0 aromatic heterocycles. The fourth-order valence-electron chi connectivity index (χ4n) is 3.55. The van der Waals surface area contributed by atoms with Crippen molar-refractivity contribution < 1.29 is 4.79 Å². The van der Waals surface area contributed by atoms with Gasteiger partial charge in [0, 0.05) is 18.4 Å². The van der Waals surface area contributed by atoms with E-state index >= 15 is 0 Å². The molecule has 1 amide bonds. The third-order valence-corrected chi connectivity index (χ3v) is 4.90. The fourth-order valence-corrected chi connectivity index (χ4v) is 3.55. The fraction of sp³-hybridized carbons (Fsp3) is 0.632. The monoisotopic (exact) mass is 302 g/mol. The SMILES string of the molecule is CNCCCC(=O)NCC1(c2cccc(C)c2)CCCCC1. The summed E-state index contributed by atoms with van der Waals surface area (Å²) in [6.45, 7) is 3.83. The summed E-state index contributed by atoms with van der Waals surface area (Å²) in [5, 5.41) is 6.29. The Kier molecular flexibility index (Phi) is 6.44. The van der Waals surface area contributed by atoms with Crippen LogP contribution in [0.5, 0.6) is 0 Å². The van der Waals surface area contributed by atoms with Gasteiger partial charge in [-0.05, 0) is 45.3 Å². The van der Waals surface area contributed by atoms with E-state index in [-0.39, 0.29) is 11.3 Å². The Hall–Kier alpha value is -1.35. The predicted molar refractivity (Wildman–Crippen MR) is 92.1 cm³/mol. The number of hydrogen-bond donors (Lipinski definition) is 2. The summed E-state index contributed by atoms with van der Waals surface area (Å²) in [7, 11) is 1.92. The Morgan fingerprint density at radius 3 is 2.68 bits per heavy atom. The Morgan fingerprint density at radius 1 is 1.23 bits per heavy atom. The summed E-state index contributed by atoms with van der Waals surface area (Å²) in [5.41, 5.74) is 2.86. The van der Waals surface area contributed by atoms with Crippen molar-refractivity contribution in [1.29, 1.82) is 0 Å². The van der Waals surface area contributed by atoms with Crippen LogP contribution in [0.15, 0.2) is 24.3 Å². The van der Waals surface area contributed by atoms with E-state index in [9.17, 15) is 4.79 Å². The molecule has 3 heteroatoms. The minimum Gasteiger partial charge on any atom is -0.355 e. The molecule has 122 valence electrons. The van der Waals surface area contributed by atoms with Crippen LogP contribution in [0.2, 0.25) is 0 Å². The molecule has 0 radical (unpaired) electrons. The molecule has 3 nitrogen and oxygen atoms in total. The normalized spacial score (nSPS) is 17.2. The number of rotatable bonds is 7. The maximum atomic E-state index is 12.1. The van der Waals surface area contributed by atoms with E-state index in [4.69, 9.17) is 0 Å². The second-order valence-electron chi connectivity index (χ2n) is 6.69. The first kappa shape index (κ1) is 17.0. The average Bonchev–Trinajstić information content (AvgIpc) is 2.54. The van der Waals surface area contributed by atoms with Crippen molar-refractivity contribution in [2.75, 3.05) is 20.1 Å². The molecule has 0 heterocycles. The number of hydrogen-bond acceptors (Lipinski definition) is 2. The summed E-state index contributed by atoms with van der Waals surface area (Å²) >= 11 is 0. The molecular weight excluding hydrogens is 272 g/mol. The lowest BCUT2D eigenvalue weighted by molar-refractivity contribution is -0.121. The molecule has 0 saturated heterocycles. The van der Waals surface area contributed by atoms with E-state index < -0.39 is 0 Å². The maximum Gasteiger partial charge on any atom is 0.220 e. The van der Waals surface area contributed by atoms with E-state index in [0.29, 0.717) is 6.42 Å². The summed E-state index contributed by atoms with van der Waals surface area (Å²) in [5.74, 6) is 0.188. The molecule has 0 spiro atoms. The number of benzene rings is 1. The van der Waals surface area contributed by atoms with Gasteiger partial charge in [-0.3, -0.25) is 4.79 Å². The molecule has 0 aliphatic heterocycles. The maximum absolute atomic E-state index is 12.1. The van der Waals surface area contributed by atoms with Crippen molar-refractivity contribution in [1.82, 2.24) is 10.6 Å². The van der Waals surface area contributed by atoms with Crippen molar-refractivity contribution in [3.05, 3.63) is 35.4 Å². The lowest BCUT2D eigenvalue weighted by atomic mass is 9.69. The quantitative estimate of drug-likeness (QED) is 0.759. The second kappa shape index (κ2) is 8.33. The van der Waals surface area contributed by atoms with Gasteiger partial charge in [-0.15, -0.1) is 0 Å². The molecule has 1 aliphatic carbocycles. The highest BCUT2D eigenvalue weighted by Crippen LogP contribution is 2.39. The first-order valence-corrected chi connectivity index (χ1v) is 8.65. The number of nitrogens with one attached hydrogen (secondary N) is 2. The smallest absolute Gasteiger partial charge is 0.220 e. The number of amides is 1. The largest absolute Gasteiger partial charge is 0.355 e. The molecule has 1 aromatic rings. The van der Waals surface area contributed by atoms with E-state index in [1.807, 2.05) is 7.05 Å². The molecule has 1 fully saturated rings. The topological polar surface area (TPSA) is 41.1 Å². The molecule has 1 aromatic carbocycles. The molecule has 22 heavy (non-hydrogen) atoms. The zero-order chi connectivity index (χ0) is 15.8. The van der Waals surface area contributed by atoms with Gasteiger partial charge >= 0.3 is 0 Å². The third-order valence-electron chi connectivity index (χ3n) is 4.90. The van der Waals surface area contributed by atoms with Crippen LogP contribution in [0.4, 0.5) is 0 Å². The van der Waals surface area contributed by atoms with Crippen LogP contribution >= 0.6 is 0 Å². The van der Waals surface area contributed by atoms with Crippen molar-refractivity contribution in [2.24, 2.45) is 0 Å². The average molecular weight is 302 g/mol. The molecule has 0 bridgehead atoms. The molecule has 2 rings (SSSR count). The minimum absolute atomic E-state index is 0.142. The number of carbonyl (C=O) groups is 1. The zero-order valence-corrected chi connectivity index (χ0v) is 14.1. The summed E-state index contributed by atoms with van der Waals surface area (Å²) in [6.07, 6.45) is 7.75. The van der Waals surface area contributed by atoms with Crippen molar-refractivity contribution in [2.45, 2.75) is 57.3 Å². The Balaban J connectivity index is 2.02. The van der Waals surface area contributed by atoms with Crippen LogP contribution in [-0.4, -0.2) is 26.0 Å². The van der Waals surface area contributed by atoms with Gasteiger partial charge < -0.3 is 10.6 Å². The van der Waals surface area contributed by atoms with Crippen LogP contribution < -0.4 is 10.6 Å².